The van der Waals surface area contributed by atoms with Crippen LogP contribution in [0.5, 0.6) is 0 Å². The van der Waals surface area contributed by atoms with Gasteiger partial charge in [0, 0.05) is 0 Å². The number of carboxylic acid groups (broad SMARTS) is 2. The van der Waals surface area contributed by atoms with Crippen LogP contribution in [-0.2, 0) is 18.9 Å². The zero-order valence-electron chi connectivity index (χ0n) is 10.7. The van der Waals surface area contributed by atoms with Crippen molar-refractivity contribution < 1.29 is 43.5 Å². The SMILES string of the molecule is CCOC(=O)OC.CCOC(=O)OC.O=C(O)O. The van der Waals surface area contributed by atoms with E-state index in [1.165, 1.54) is 14.2 Å². The summed E-state index contributed by atoms with van der Waals surface area (Å²) in [6, 6.07) is 0. The molecule has 0 aromatic heterocycles. The Morgan fingerprint density at radius 1 is 0.833 bits per heavy atom. The van der Waals surface area contributed by atoms with Crippen molar-refractivity contribution in [2.45, 2.75) is 13.8 Å². The molecule has 0 bridgehead atoms. The molecule has 0 aliphatic carbocycles. The lowest BCUT2D eigenvalue weighted by atomic mass is 10.9. The first-order valence-electron chi connectivity index (χ1n) is 4.68. The summed E-state index contributed by atoms with van der Waals surface area (Å²) < 4.78 is 16.9. The predicted molar refractivity (Wildman–Crippen MR) is 58.7 cm³/mol. The molecule has 0 aliphatic rings. The zero-order valence-corrected chi connectivity index (χ0v) is 10.7. The highest BCUT2D eigenvalue weighted by Crippen LogP contribution is 1.78. The number of carbonyl (C=O) groups is 3. The number of hydrogen-bond donors (Lipinski definition) is 2. The van der Waals surface area contributed by atoms with Crippen molar-refractivity contribution in [3.05, 3.63) is 0 Å². The van der Waals surface area contributed by atoms with Crippen molar-refractivity contribution in [3.63, 3.8) is 0 Å². The Morgan fingerprint density at radius 3 is 1.11 bits per heavy atom. The van der Waals surface area contributed by atoms with Crippen molar-refractivity contribution in [3.8, 4) is 0 Å². The van der Waals surface area contributed by atoms with E-state index in [1.807, 2.05) is 0 Å². The van der Waals surface area contributed by atoms with Gasteiger partial charge >= 0.3 is 18.5 Å². The summed E-state index contributed by atoms with van der Waals surface area (Å²) in [5.41, 5.74) is 0. The maximum atomic E-state index is 9.97. The highest BCUT2D eigenvalue weighted by atomic mass is 16.7. The van der Waals surface area contributed by atoms with Crippen molar-refractivity contribution >= 4 is 18.5 Å². The van der Waals surface area contributed by atoms with Gasteiger partial charge in [0.2, 0.25) is 0 Å². The molecule has 0 unspecified atom stereocenters. The maximum absolute atomic E-state index is 9.97. The average molecular weight is 270 g/mol. The molecule has 0 rings (SSSR count). The Morgan fingerprint density at radius 2 is 1.06 bits per heavy atom. The Hall–Kier alpha value is -2.19. The van der Waals surface area contributed by atoms with Crippen molar-refractivity contribution in [1.82, 2.24) is 0 Å². The van der Waals surface area contributed by atoms with Crippen LogP contribution in [0.3, 0.4) is 0 Å². The van der Waals surface area contributed by atoms with Gasteiger partial charge in [-0.2, -0.15) is 0 Å². The summed E-state index contributed by atoms with van der Waals surface area (Å²) in [7, 11) is 2.55. The molecule has 0 aromatic rings. The van der Waals surface area contributed by atoms with E-state index >= 15 is 0 Å². The number of ether oxygens (including phenoxy) is 4. The Labute approximate surface area is 104 Å². The number of methoxy groups -OCH3 is 2. The second kappa shape index (κ2) is 17.2. The van der Waals surface area contributed by atoms with Gasteiger partial charge in [0.05, 0.1) is 27.4 Å². The average Bonchev–Trinajstić information content (AvgIpc) is 2.29. The van der Waals surface area contributed by atoms with Crippen LogP contribution in [0.25, 0.3) is 0 Å². The van der Waals surface area contributed by atoms with E-state index in [1.54, 1.807) is 13.8 Å². The summed E-state index contributed by atoms with van der Waals surface area (Å²) in [4.78, 5) is 28.5. The molecular weight excluding hydrogens is 252 g/mol. The van der Waals surface area contributed by atoms with Crippen LogP contribution in [-0.4, -0.2) is 56.1 Å². The summed E-state index contributed by atoms with van der Waals surface area (Å²) in [6.45, 7) is 4.17. The van der Waals surface area contributed by atoms with Gasteiger partial charge in [-0.25, -0.2) is 14.4 Å². The van der Waals surface area contributed by atoms with E-state index in [9.17, 15) is 9.59 Å². The fraction of sp³-hybridized carbons (Fsp3) is 0.667. The quantitative estimate of drug-likeness (QED) is 0.721. The Bertz CT molecular complexity index is 204. The molecule has 9 nitrogen and oxygen atoms in total. The normalized spacial score (nSPS) is 7.33. The van der Waals surface area contributed by atoms with Crippen LogP contribution in [0.4, 0.5) is 14.4 Å². The lowest BCUT2D eigenvalue weighted by molar-refractivity contribution is 0.0761. The molecule has 18 heavy (non-hydrogen) atoms. The molecule has 108 valence electrons. The third-order valence-electron chi connectivity index (χ3n) is 0.858. The van der Waals surface area contributed by atoms with Crippen molar-refractivity contribution in [1.29, 1.82) is 0 Å². The van der Waals surface area contributed by atoms with E-state index in [-0.39, 0.29) is 0 Å². The molecule has 0 aliphatic heterocycles. The molecule has 0 radical (unpaired) electrons. The summed E-state index contributed by atoms with van der Waals surface area (Å²) in [5.74, 6) is 0. The van der Waals surface area contributed by atoms with Gasteiger partial charge in [-0.3, -0.25) is 0 Å². The monoisotopic (exact) mass is 270 g/mol. The van der Waals surface area contributed by atoms with E-state index in [4.69, 9.17) is 15.0 Å². The lowest BCUT2D eigenvalue weighted by Gasteiger charge is -1.94. The largest absolute Gasteiger partial charge is 0.507 e. The first kappa shape index (κ1) is 21.1. The summed E-state index contributed by atoms with van der Waals surface area (Å²) in [6.07, 6.45) is -3.08. The van der Waals surface area contributed by atoms with Crippen LogP contribution in [0.2, 0.25) is 0 Å². The minimum Gasteiger partial charge on any atom is -0.450 e. The zero-order chi connectivity index (χ0) is 15.0. The second-order valence-corrected chi connectivity index (χ2v) is 2.06. The van der Waals surface area contributed by atoms with E-state index < -0.39 is 18.5 Å². The lowest BCUT2D eigenvalue weighted by Crippen LogP contribution is -2.02. The summed E-state index contributed by atoms with van der Waals surface area (Å²) in [5, 5.41) is 13.9. The molecule has 0 saturated carbocycles. The fourth-order valence-electron chi connectivity index (χ4n) is 0.354. The van der Waals surface area contributed by atoms with Gasteiger partial charge in [0.1, 0.15) is 0 Å². The Balaban J connectivity index is -0.000000196. The Kier molecular flexibility index (Phi) is 20.2. The smallest absolute Gasteiger partial charge is 0.450 e. The molecule has 0 heterocycles. The van der Waals surface area contributed by atoms with E-state index in [0.717, 1.165) is 0 Å². The minimum atomic E-state index is -1.83. The fourth-order valence-corrected chi connectivity index (χ4v) is 0.354. The molecule has 0 spiro atoms. The van der Waals surface area contributed by atoms with Gasteiger partial charge in [-0.15, -0.1) is 0 Å². The molecular formula is C9H18O9. The molecule has 0 saturated heterocycles. The second-order valence-electron chi connectivity index (χ2n) is 2.06. The molecule has 0 amide bonds. The third kappa shape index (κ3) is 37.2. The van der Waals surface area contributed by atoms with Gasteiger partial charge in [-0.1, -0.05) is 0 Å². The van der Waals surface area contributed by atoms with Gasteiger partial charge in [0.25, 0.3) is 0 Å². The van der Waals surface area contributed by atoms with Crippen LogP contribution >= 0.6 is 0 Å². The minimum absolute atomic E-state index is 0.368. The standard InChI is InChI=1S/2C4H8O3.CH2O3/c2*1-3-7-4(5)6-2;2-1(3)4/h2*3H2,1-2H3;(H2,2,3,4). The van der Waals surface area contributed by atoms with Gasteiger partial charge in [-0.05, 0) is 13.8 Å². The molecule has 0 atom stereocenters. The van der Waals surface area contributed by atoms with E-state index in [0.29, 0.717) is 13.2 Å². The maximum Gasteiger partial charge on any atom is 0.507 e. The summed E-state index contributed by atoms with van der Waals surface area (Å²) >= 11 is 0. The predicted octanol–water partition coefficient (Wildman–Crippen LogP) is 1.80. The third-order valence-corrected chi connectivity index (χ3v) is 0.858. The number of hydrogen-bond acceptors (Lipinski definition) is 7. The number of carbonyl (C=O) groups excluding carboxylic acids is 2. The highest BCUT2D eigenvalue weighted by Gasteiger charge is 1.93. The topological polar surface area (TPSA) is 129 Å². The van der Waals surface area contributed by atoms with Crippen LogP contribution in [0, 0.1) is 0 Å². The number of rotatable bonds is 2. The van der Waals surface area contributed by atoms with Crippen molar-refractivity contribution in [2.24, 2.45) is 0 Å². The highest BCUT2D eigenvalue weighted by molar-refractivity contribution is 5.59. The van der Waals surface area contributed by atoms with E-state index in [2.05, 4.69) is 18.9 Å². The van der Waals surface area contributed by atoms with Gasteiger partial charge < -0.3 is 29.2 Å². The molecule has 0 fully saturated rings. The first-order chi connectivity index (χ1) is 8.35. The molecule has 2 N–H and O–H groups in total. The first-order valence-corrected chi connectivity index (χ1v) is 4.68. The van der Waals surface area contributed by atoms with Crippen LogP contribution in [0.1, 0.15) is 13.8 Å². The molecule has 0 aromatic carbocycles. The van der Waals surface area contributed by atoms with Crippen LogP contribution in [0.15, 0.2) is 0 Å². The van der Waals surface area contributed by atoms with Crippen LogP contribution < -0.4 is 0 Å². The van der Waals surface area contributed by atoms with Gasteiger partial charge in [0.15, 0.2) is 0 Å². The molecule has 9 heteroatoms. The van der Waals surface area contributed by atoms with Crippen molar-refractivity contribution in [2.75, 3.05) is 27.4 Å².